The topological polar surface area (TPSA) is 108 Å². The maximum atomic E-state index is 12.0. The smallest absolute Gasteiger partial charge is 0.328 e. The predicted molar refractivity (Wildman–Crippen MR) is 88.9 cm³/mol. The molecule has 0 aliphatic heterocycles. The quantitative estimate of drug-likeness (QED) is 0.686. The molecule has 0 unspecified atom stereocenters. The Morgan fingerprint density at radius 1 is 1.33 bits per heavy atom. The van der Waals surface area contributed by atoms with E-state index >= 15 is 0 Å². The van der Waals surface area contributed by atoms with E-state index in [1.165, 1.54) is 25.3 Å². The van der Waals surface area contributed by atoms with Crippen LogP contribution in [0.15, 0.2) is 18.2 Å². The summed E-state index contributed by atoms with van der Waals surface area (Å²) in [6, 6.07) is 3.55. The molecule has 0 heterocycles. The van der Waals surface area contributed by atoms with Gasteiger partial charge in [0.1, 0.15) is 11.8 Å². The number of primary amides is 1. The van der Waals surface area contributed by atoms with Crippen LogP contribution in [0.2, 0.25) is 5.02 Å². The van der Waals surface area contributed by atoms with Crippen molar-refractivity contribution in [2.75, 3.05) is 13.7 Å². The summed E-state index contributed by atoms with van der Waals surface area (Å²) >= 11 is 5.80. The number of amides is 2. The van der Waals surface area contributed by atoms with Crippen LogP contribution in [0.4, 0.5) is 0 Å². The molecule has 0 saturated carbocycles. The maximum absolute atomic E-state index is 12.0. The van der Waals surface area contributed by atoms with Crippen LogP contribution in [0.5, 0.6) is 5.75 Å². The van der Waals surface area contributed by atoms with Gasteiger partial charge in [-0.15, -0.1) is 0 Å². The third kappa shape index (κ3) is 5.42. The van der Waals surface area contributed by atoms with Crippen molar-refractivity contribution >= 4 is 29.4 Å². The Bertz CT molecular complexity index is 620. The molecule has 0 saturated heterocycles. The van der Waals surface area contributed by atoms with E-state index in [1.807, 2.05) is 13.8 Å². The van der Waals surface area contributed by atoms with Crippen molar-refractivity contribution in [3.05, 3.63) is 28.8 Å². The summed E-state index contributed by atoms with van der Waals surface area (Å²) in [5, 5.41) is 2.89. The Morgan fingerprint density at radius 3 is 2.54 bits per heavy atom. The van der Waals surface area contributed by atoms with E-state index in [0.29, 0.717) is 11.4 Å². The van der Waals surface area contributed by atoms with Crippen molar-refractivity contribution < 1.29 is 23.9 Å². The number of esters is 1. The number of nitrogens with one attached hydrogen (secondary N) is 1. The number of ether oxygens (including phenoxy) is 2. The van der Waals surface area contributed by atoms with Gasteiger partial charge in [-0.1, -0.05) is 31.9 Å². The Balaban J connectivity index is 2.75. The molecule has 0 aromatic heterocycles. The summed E-state index contributed by atoms with van der Waals surface area (Å²) in [4.78, 5) is 35.2. The monoisotopic (exact) mass is 356 g/mol. The molecule has 0 radical (unpaired) electrons. The van der Waals surface area contributed by atoms with E-state index in [2.05, 4.69) is 5.32 Å². The molecule has 0 aliphatic carbocycles. The first-order chi connectivity index (χ1) is 11.3. The largest absolute Gasteiger partial charge is 0.483 e. The molecule has 1 aromatic rings. The van der Waals surface area contributed by atoms with Crippen molar-refractivity contribution in [2.45, 2.75) is 26.3 Å². The zero-order valence-electron chi connectivity index (χ0n) is 13.8. The lowest BCUT2D eigenvalue weighted by atomic mass is 9.99. The highest BCUT2D eigenvalue weighted by molar-refractivity contribution is 6.31. The highest BCUT2D eigenvalue weighted by Gasteiger charge is 2.26. The van der Waals surface area contributed by atoms with Gasteiger partial charge >= 0.3 is 5.97 Å². The molecule has 8 heteroatoms. The summed E-state index contributed by atoms with van der Waals surface area (Å²) < 4.78 is 10.0. The molecule has 2 amide bonds. The van der Waals surface area contributed by atoms with Gasteiger partial charge in [-0.05, 0) is 24.1 Å². The van der Waals surface area contributed by atoms with Gasteiger partial charge in [-0.2, -0.15) is 0 Å². The number of hydrogen-bond acceptors (Lipinski definition) is 5. The van der Waals surface area contributed by atoms with Gasteiger partial charge in [0, 0.05) is 5.02 Å². The minimum Gasteiger partial charge on any atom is -0.483 e. The molecule has 0 spiro atoms. The number of methoxy groups -OCH3 is 1. The third-order valence-corrected chi connectivity index (χ3v) is 3.79. The summed E-state index contributed by atoms with van der Waals surface area (Å²) in [5.74, 6) is -1.73. The van der Waals surface area contributed by atoms with Crippen molar-refractivity contribution in [1.29, 1.82) is 0 Å². The number of carbonyl (C=O) groups is 3. The molecular formula is C16H21ClN2O5. The number of halogens is 1. The van der Waals surface area contributed by atoms with E-state index in [9.17, 15) is 14.4 Å². The molecule has 1 aromatic carbocycles. The number of carbonyl (C=O) groups excluding carboxylic acids is 3. The average molecular weight is 357 g/mol. The molecule has 132 valence electrons. The standard InChI is InChI=1S/C16H21ClN2O5/c1-4-9(2)14(16(22)23-3)19-13(20)8-24-12-6-5-10(17)7-11(12)15(18)21/h5-7,9,14H,4,8H2,1-3H3,(H2,18,21)(H,19,20)/t9-,14-/m0/s1. The molecular weight excluding hydrogens is 336 g/mol. The molecule has 2 atom stereocenters. The number of nitrogens with two attached hydrogens (primary N) is 1. The van der Waals surface area contributed by atoms with E-state index in [0.717, 1.165) is 0 Å². The fraction of sp³-hybridized carbons (Fsp3) is 0.438. The highest BCUT2D eigenvalue weighted by atomic mass is 35.5. The molecule has 1 rings (SSSR count). The minimum atomic E-state index is -0.767. The molecule has 0 aliphatic rings. The van der Waals surface area contributed by atoms with E-state index in [-0.39, 0.29) is 23.8 Å². The lowest BCUT2D eigenvalue weighted by Gasteiger charge is -2.22. The third-order valence-electron chi connectivity index (χ3n) is 3.55. The first-order valence-corrected chi connectivity index (χ1v) is 7.77. The van der Waals surface area contributed by atoms with Crippen LogP contribution in [0.3, 0.4) is 0 Å². The number of rotatable bonds is 8. The van der Waals surface area contributed by atoms with Gasteiger partial charge in [0.25, 0.3) is 11.8 Å². The molecule has 3 N–H and O–H groups in total. The van der Waals surface area contributed by atoms with Crippen LogP contribution >= 0.6 is 11.6 Å². The fourth-order valence-corrected chi connectivity index (χ4v) is 2.15. The molecule has 0 bridgehead atoms. The van der Waals surface area contributed by atoms with Gasteiger partial charge in [-0.25, -0.2) is 4.79 Å². The van der Waals surface area contributed by atoms with Gasteiger partial charge in [0.05, 0.1) is 12.7 Å². The van der Waals surface area contributed by atoms with Crippen LogP contribution in [-0.2, 0) is 14.3 Å². The summed E-state index contributed by atoms with van der Waals surface area (Å²) in [6.45, 7) is 3.34. The first-order valence-electron chi connectivity index (χ1n) is 7.39. The van der Waals surface area contributed by atoms with Crippen LogP contribution in [-0.4, -0.2) is 37.5 Å². The van der Waals surface area contributed by atoms with E-state index < -0.39 is 23.8 Å². The summed E-state index contributed by atoms with van der Waals surface area (Å²) in [5.41, 5.74) is 5.32. The van der Waals surface area contributed by atoms with E-state index in [4.69, 9.17) is 26.8 Å². The van der Waals surface area contributed by atoms with Crippen molar-refractivity contribution in [3.63, 3.8) is 0 Å². The lowest BCUT2D eigenvalue weighted by Crippen LogP contribution is -2.47. The van der Waals surface area contributed by atoms with Gasteiger partial charge in [0.2, 0.25) is 0 Å². The van der Waals surface area contributed by atoms with Crippen molar-refractivity contribution in [1.82, 2.24) is 5.32 Å². The van der Waals surface area contributed by atoms with Crippen LogP contribution in [0.25, 0.3) is 0 Å². The summed E-state index contributed by atoms with van der Waals surface area (Å²) in [7, 11) is 1.26. The zero-order chi connectivity index (χ0) is 18.3. The van der Waals surface area contributed by atoms with Gasteiger partial charge < -0.3 is 20.5 Å². The second-order valence-electron chi connectivity index (χ2n) is 5.25. The van der Waals surface area contributed by atoms with Crippen LogP contribution in [0.1, 0.15) is 30.6 Å². The van der Waals surface area contributed by atoms with Crippen molar-refractivity contribution in [3.8, 4) is 5.75 Å². The minimum absolute atomic E-state index is 0.0711. The Hall–Kier alpha value is -2.28. The Labute approximate surface area is 145 Å². The first kappa shape index (κ1) is 19.8. The Kier molecular flexibility index (Phi) is 7.51. The average Bonchev–Trinajstić information content (AvgIpc) is 2.56. The second-order valence-corrected chi connectivity index (χ2v) is 5.68. The fourth-order valence-electron chi connectivity index (χ4n) is 1.98. The second kappa shape index (κ2) is 9.12. The normalized spacial score (nSPS) is 12.8. The number of benzene rings is 1. The zero-order valence-corrected chi connectivity index (χ0v) is 14.6. The van der Waals surface area contributed by atoms with Crippen molar-refractivity contribution in [2.24, 2.45) is 11.7 Å². The molecule has 0 fully saturated rings. The SMILES string of the molecule is CC[C@H](C)[C@H](NC(=O)COc1ccc(Cl)cc1C(N)=O)C(=O)OC. The molecule has 24 heavy (non-hydrogen) atoms. The number of hydrogen-bond donors (Lipinski definition) is 2. The van der Waals surface area contributed by atoms with Crippen LogP contribution in [0, 0.1) is 5.92 Å². The van der Waals surface area contributed by atoms with Gasteiger partial charge in [-0.3, -0.25) is 9.59 Å². The lowest BCUT2D eigenvalue weighted by molar-refractivity contribution is -0.146. The van der Waals surface area contributed by atoms with E-state index in [1.54, 1.807) is 0 Å². The predicted octanol–water partition coefficient (Wildman–Crippen LogP) is 1.52. The van der Waals surface area contributed by atoms with Gasteiger partial charge in [0.15, 0.2) is 6.61 Å². The maximum Gasteiger partial charge on any atom is 0.328 e. The Morgan fingerprint density at radius 2 is 2.00 bits per heavy atom. The van der Waals surface area contributed by atoms with Crippen LogP contribution < -0.4 is 15.8 Å². The highest BCUT2D eigenvalue weighted by Crippen LogP contribution is 2.22. The summed E-state index contributed by atoms with van der Waals surface area (Å²) in [6.07, 6.45) is 0.684. The molecule has 7 nitrogen and oxygen atoms in total.